The van der Waals surface area contributed by atoms with Gasteiger partial charge in [-0.3, -0.25) is 0 Å². The summed E-state index contributed by atoms with van der Waals surface area (Å²) in [6.45, 7) is 8.60. The van der Waals surface area contributed by atoms with Gasteiger partial charge < -0.3 is 4.74 Å². The van der Waals surface area contributed by atoms with Gasteiger partial charge in [-0.05, 0) is 18.3 Å². The van der Waals surface area contributed by atoms with Crippen molar-refractivity contribution in [1.29, 1.82) is 0 Å². The van der Waals surface area contributed by atoms with Crippen molar-refractivity contribution < 1.29 is 9.53 Å². The fourth-order valence-corrected chi connectivity index (χ4v) is 1.35. The molecule has 0 amide bonds. The zero-order valence-corrected chi connectivity index (χ0v) is 9.06. The molecule has 0 spiro atoms. The summed E-state index contributed by atoms with van der Waals surface area (Å²) in [6.07, 6.45) is 5.97. The van der Waals surface area contributed by atoms with Crippen molar-refractivity contribution in [2.24, 2.45) is 5.41 Å². The lowest BCUT2D eigenvalue weighted by atomic mass is 9.84. The van der Waals surface area contributed by atoms with E-state index in [0.717, 1.165) is 6.42 Å². The Morgan fingerprint density at radius 2 is 1.92 bits per heavy atom. The first-order chi connectivity index (χ1) is 6.12. The van der Waals surface area contributed by atoms with Crippen LogP contribution in [0.2, 0.25) is 0 Å². The number of hydrogen-bond acceptors (Lipinski definition) is 2. The van der Waals surface area contributed by atoms with E-state index in [1.165, 1.54) is 32.2 Å². The van der Waals surface area contributed by atoms with E-state index in [0.29, 0.717) is 12.0 Å². The first kappa shape index (κ1) is 12.5. The Balaban J connectivity index is 3.47. The lowest BCUT2D eigenvalue weighted by Gasteiger charge is -2.23. The fourth-order valence-electron chi connectivity index (χ4n) is 1.35. The van der Waals surface area contributed by atoms with Gasteiger partial charge in [-0.15, -0.1) is 0 Å². The third-order valence-electron chi connectivity index (χ3n) is 2.40. The molecule has 0 aliphatic rings. The summed E-state index contributed by atoms with van der Waals surface area (Å²) in [6, 6.07) is 0. The van der Waals surface area contributed by atoms with Crippen LogP contribution in [-0.2, 0) is 9.53 Å². The van der Waals surface area contributed by atoms with E-state index in [4.69, 9.17) is 0 Å². The molecular weight excluding hydrogens is 164 g/mol. The average molecular weight is 185 g/mol. The molecule has 0 aromatic heterocycles. The Hall–Kier alpha value is -0.530. The minimum atomic E-state index is 0.298. The Morgan fingerprint density at radius 3 is 2.46 bits per heavy atom. The zero-order valence-electron chi connectivity index (χ0n) is 9.06. The molecule has 0 saturated carbocycles. The highest BCUT2D eigenvalue weighted by Gasteiger charge is 2.16. The molecular formula is C11H21O2. The fraction of sp³-hybridized carbons (Fsp3) is 0.909. The maximum Gasteiger partial charge on any atom is 0.417 e. The molecule has 2 nitrogen and oxygen atoms in total. The van der Waals surface area contributed by atoms with Crippen molar-refractivity contribution in [1.82, 2.24) is 0 Å². The van der Waals surface area contributed by atoms with Crippen LogP contribution in [0.1, 0.15) is 52.9 Å². The van der Waals surface area contributed by atoms with Gasteiger partial charge in [-0.25, -0.2) is 4.79 Å². The Bertz CT molecular complexity index is 130. The van der Waals surface area contributed by atoms with Crippen LogP contribution >= 0.6 is 0 Å². The first-order valence-electron chi connectivity index (χ1n) is 5.11. The van der Waals surface area contributed by atoms with E-state index in [1.54, 1.807) is 0 Å². The number of carbonyl (C=O) groups excluding carboxylic acids is 1. The molecule has 0 fully saturated rings. The maximum atomic E-state index is 9.80. The monoisotopic (exact) mass is 185 g/mol. The number of unbranched alkanes of at least 4 members (excludes halogenated alkanes) is 2. The maximum absolute atomic E-state index is 9.80. The van der Waals surface area contributed by atoms with E-state index in [1.807, 2.05) is 0 Å². The van der Waals surface area contributed by atoms with Crippen LogP contribution in [0.15, 0.2) is 0 Å². The van der Waals surface area contributed by atoms with Gasteiger partial charge in [0, 0.05) is 0 Å². The second-order valence-electron chi connectivity index (χ2n) is 4.30. The van der Waals surface area contributed by atoms with Crippen molar-refractivity contribution >= 4 is 6.47 Å². The van der Waals surface area contributed by atoms with Gasteiger partial charge in [0.15, 0.2) is 0 Å². The lowest BCUT2D eigenvalue weighted by molar-refractivity contribution is 0.198. The molecule has 0 bridgehead atoms. The third kappa shape index (κ3) is 7.82. The lowest BCUT2D eigenvalue weighted by Crippen LogP contribution is -2.14. The van der Waals surface area contributed by atoms with Gasteiger partial charge >= 0.3 is 6.47 Å². The SMILES string of the molecule is CCCCCC(C)(C)CCO[C]=O. The summed E-state index contributed by atoms with van der Waals surface area (Å²) in [7, 11) is 0. The van der Waals surface area contributed by atoms with Crippen LogP contribution in [0, 0.1) is 5.41 Å². The molecule has 0 N–H and O–H groups in total. The summed E-state index contributed by atoms with van der Waals surface area (Å²) in [5.74, 6) is 0. The van der Waals surface area contributed by atoms with Crippen molar-refractivity contribution in [3.63, 3.8) is 0 Å². The second kappa shape index (κ2) is 6.93. The van der Waals surface area contributed by atoms with Crippen molar-refractivity contribution in [2.75, 3.05) is 6.61 Å². The molecule has 0 aromatic rings. The van der Waals surface area contributed by atoms with Crippen LogP contribution in [0.5, 0.6) is 0 Å². The molecule has 77 valence electrons. The molecule has 0 aromatic carbocycles. The van der Waals surface area contributed by atoms with Crippen LogP contribution in [0.3, 0.4) is 0 Å². The Labute approximate surface area is 81.7 Å². The van der Waals surface area contributed by atoms with Gasteiger partial charge in [-0.2, -0.15) is 0 Å². The summed E-state index contributed by atoms with van der Waals surface area (Å²) < 4.78 is 4.57. The molecule has 1 radical (unpaired) electrons. The zero-order chi connectivity index (χ0) is 10.2. The smallest absolute Gasteiger partial charge is 0.417 e. The van der Waals surface area contributed by atoms with E-state index in [-0.39, 0.29) is 0 Å². The highest BCUT2D eigenvalue weighted by atomic mass is 16.5. The predicted octanol–water partition coefficient (Wildman–Crippen LogP) is 3.07. The minimum Gasteiger partial charge on any atom is -0.457 e. The number of ether oxygens (including phenoxy) is 1. The molecule has 0 aliphatic carbocycles. The molecule has 0 heterocycles. The topological polar surface area (TPSA) is 26.3 Å². The van der Waals surface area contributed by atoms with Gasteiger partial charge in [-0.1, -0.05) is 40.0 Å². The van der Waals surface area contributed by atoms with Gasteiger partial charge in [0.25, 0.3) is 0 Å². The normalized spacial score (nSPS) is 11.3. The molecule has 0 aliphatic heterocycles. The standard InChI is InChI=1S/C11H21O2/c1-4-5-6-7-11(2,3)8-9-13-10-12/h4-9H2,1-3H3. The van der Waals surface area contributed by atoms with E-state index < -0.39 is 0 Å². The Kier molecular flexibility index (Phi) is 6.65. The van der Waals surface area contributed by atoms with Gasteiger partial charge in [0.2, 0.25) is 0 Å². The first-order valence-corrected chi connectivity index (χ1v) is 5.11. The second-order valence-corrected chi connectivity index (χ2v) is 4.30. The average Bonchev–Trinajstić information content (AvgIpc) is 2.05. The van der Waals surface area contributed by atoms with E-state index >= 15 is 0 Å². The summed E-state index contributed by atoms with van der Waals surface area (Å²) in [4.78, 5) is 9.80. The summed E-state index contributed by atoms with van der Waals surface area (Å²) >= 11 is 0. The van der Waals surface area contributed by atoms with Crippen LogP contribution < -0.4 is 0 Å². The highest BCUT2D eigenvalue weighted by Crippen LogP contribution is 2.27. The molecule has 13 heavy (non-hydrogen) atoms. The molecule has 0 rings (SSSR count). The minimum absolute atomic E-state index is 0.298. The molecule has 0 unspecified atom stereocenters. The van der Waals surface area contributed by atoms with Crippen LogP contribution in [0.4, 0.5) is 0 Å². The van der Waals surface area contributed by atoms with Gasteiger partial charge in [0.1, 0.15) is 0 Å². The van der Waals surface area contributed by atoms with Crippen molar-refractivity contribution in [2.45, 2.75) is 52.9 Å². The summed E-state index contributed by atoms with van der Waals surface area (Å²) in [5, 5.41) is 0. The van der Waals surface area contributed by atoms with Crippen molar-refractivity contribution in [3.8, 4) is 0 Å². The quantitative estimate of drug-likeness (QED) is 0.543. The van der Waals surface area contributed by atoms with Crippen LogP contribution in [0.25, 0.3) is 0 Å². The third-order valence-corrected chi connectivity index (χ3v) is 2.40. The molecule has 0 saturated heterocycles. The molecule has 2 heteroatoms. The highest BCUT2D eigenvalue weighted by molar-refractivity contribution is 5.38. The Morgan fingerprint density at radius 1 is 1.23 bits per heavy atom. The largest absolute Gasteiger partial charge is 0.457 e. The number of rotatable bonds is 8. The predicted molar refractivity (Wildman–Crippen MR) is 54.2 cm³/mol. The van der Waals surface area contributed by atoms with Crippen LogP contribution in [-0.4, -0.2) is 13.1 Å². The summed E-state index contributed by atoms with van der Waals surface area (Å²) in [5.41, 5.74) is 0.298. The molecule has 0 atom stereocenters. The van der Waals surface area contributed by atoms with E-state index in [9.17, 15) is 4.79 Å². The number of hydrogen-bond donors (Lipinski definition) is 0. The van der Waals surface area contributed by atoms with Gasteiger partial charge in [0.05, 0.1) is 6.61 Å². The van der Waals surface area contributed by atoms with Crippen molar-refractivity contribution in [3.05, 3.63) is 0 Å². The van der Waals surface area contributed by atoms with E-state index in [2.05, 4.69) is 25.5 Å².